The molecule has 5 nitrogen and oxygen atoms in total. The van der Waals surface area contributed by atoms with Crippen molar-refractivity contribution in [3.63, 3.8) is 0 Å². The molecule has 232 valence electrons. The van der Waals surface area contributed by atoms with Gasteiger partial charge in [-0.2, -0.15) is 0 Å². The van der Waals surface area contributed by atoms with E-state index in [1.807, 2.05) is 12.2 Å². The first-order valence-corrected chi connectivity index (χ1v) is 16.0. The molecule has 41 heavy (non-hydrogen) atoms. The minimum absolute atomic E-state index is 0.109. The average Bonchev–Trinajstić information content (AvgIpc) is 2.97. The Hall–Kier alpha value is -2.66. The van der Waals surface area contributed by atoms with Crippen molar-refractivity contribution in [3.8, 4) is 0 Å². The van der Waals surface area contributed by atoms with Crippen LogP contribution in [-0.4, -0.2) is 36.4 Å². The molecule has 0 saturated heterocycles. The van der Waals surface area contributed by atoms with E-state index in [9.17, 15) is 14.7 Å². The molecule has 0 aromatic rings. The van der Waals surface area contributed by atoms with Crippen LogP contribution in [0.2, 0.25) is 0 Å². The van der Waals surface area contributed by atoms with Crippen molar-refractivity contribution in [3.05, 3.63) is 72.9 Å². The van der Waals surface area contributed by atoms with Crippen molar-refractivity contribution < 1.29 is 24.2 Å². The lowest BCUT2D eigenvalue weighted by Crippen LogP contribution is -2.28. The van der Waals surface area contributed by atoms with Crippen LogP contribution >= 0.6 is 0 Å². The first-order chi connectivity index (χ1) is 20.1. The number of aliphatic hydroxyl groups is 1. The molecule has 0 aromatic carbocycles. The van der Waals surface area contributed by atoms with Gasteiger partial charge in [-0.3, -0.25) is 9.59 Å². The van der Waals surface area contributed by atoms with Crippen LogP contribution < -0.4 is 0 Å². The molecule has 0 aliphatic rings. The minimum atomic E-state index is -0.800. The summed E-state index contributed by atoms with van der Waals surface area (Å²) in [6, 6.07) is 0. The SMILES string of the molecule is CC/C=C/C/C=C/C/C=C/C/C=C/C/C=C/C/C=C/CCC(=O)OC[C@H](CO)OC(=O)CCCCCCCCCC. The second-order valence-corrected chi connectivity index (χ2v) is 10.2. The van der Waals surface area contributed by atoms with Crippen molar-refractivity contribution in [2.24, 2.45) is 0 Å². The van der Waals surface area contributed by atoms with Gasteiger partial charge in [-0.05, 0) is 51.4 Å². The number of esters is 2. The van der Waals surface area contributed by atoms with Gasteiger partial charge in [0, 0.05) is 12.8 Å². The third-order valence-corrected chi connectivity index (χ3v) is 6.28. The molecule has 0 fully saturated rings. The number of hydrogen-bond donors (Lipinski definition) is 1. The van der Waals surface area contributed by atoms with E-state index in [1.165, 1.54) is 32.1 Å². The number of carbonyl (C=O) groups is 2. The molecule has 0 rings (SSSR count). The zero-order valence-corrected chi connectivity index (χ0v) is 26.0. The summed E-state index contributed by atoms with van der Waals surface area (Å²) in [5.74, 6) is -0.703. The Morgan fingerprint density at radius 2 is 1.05 bits per heavy atom. The van der Waals surface area contributed by atoms with Gasteiger partial charge < -0.3 is 14.6 Å². The quantitative estimate of drug-likeness (QED) is 0.0605. The smallest absolute Gasteiger partial charge is 0.306 e. The Morgan fingerprint density at radius 3 is 1.54 bits per heavy atom. The summed E-state index contributed by atoms with van der Waals surface area (Å²) in [4.78, 5) is 24.0. The lowest BCUT2D eigenvalue weighted by atomic mass is 10.1. The molecule has 0 amide bonds. The normalized spacial score (nSPS) is 13.1. The maximum Gasteiger partial charge on any atom is 0.306 e. The summed E-state index contributed by atoms with van der Waals surface area (Å²) in [5.41, 5.74) is 0. The maximum atomic E-state index is 12.0. The summed E-state index contributed by atoms with van der Waals surface area (Å²) < 4.78 is 10.4. The van der Waals surface area contributed by atoms with Gasteiger partial charge in [0.1, 0.15) is 6.61 Å². The molecule has 0 aliphatic carbocycles. The zero-order valence-electron chi connectivity index (χ0n) is 26.0. The van der Waals surface area contributed by atoms with E-state index in [0.29, 0.717) is 12.8 Å². The molecular formula is C36H58O5. The molecular weight excluding hydrogens is 512 g/mol. The topological polar surface area (TPSA) is 72.8 Å². The molecule has 0 saturated carbocycles. The largest absolute Gasteiger partial charge is 0.462 e. The van der Waals surface area contributed by atoms with E-state index in [4.69, 9.17) is 9.47 Å². The molecule has 0 heterocycles. The number of carbonyl (C=O) groups excluding carboxylic acids is 2. The Bertz CT molecular complexity index is 788. The van der Waals surface area contributed by atoms with Gasteiger partial charge in [0.15, 0.2) is 6.10 Å². The third-order valence-electron chi connectivity index (χ3n) is 6.28. The van der Waals surface area contributed by atoms with Crippen molar-refractivity contribution in [1.29, 1.82) is 0 Å². The highest BCUT2D eigenvalue weighted by Gasteiger charge is 2.15. The highest BCUT2D eigenvalue weighted by molar-refractivity contribution is 5.70. The number of rotatable bonds is 27. The molecule has 0 unspecified atom stereocenters. The van der Waals surface area contributed by atoms with Crippen LogP contribution in [0.4, 0.5) is 0 Å². The Kier molecular flexibility index (Phi) is 29.8. The van der Waals surface area contributed by atoms with Gasteiger partial charge in [-0.15, -0.1) is 0 Å². The Labute approximate surface area is 251 Å². The molecule has 0 radical (unpaired) electrons. The molecule has 1 atom stereocenters. The van der Waals surface area contributed by atoms with Gasteiger partial charge in [0.05, 0.1) is 6.61 Å². The minimum Gasteiger partial charge on any atom is -0.462 e. The first kappa shape index (κ1) is 38.3. The van der Waals surface area contributed by atoms with E-state index in [1.54, 1.807) is 0 Å². The van der Waals surface area contributed by atoms with Gasteiger partial charge in [0.25, 0.3) is 0 Å². The molecule has 0 spiro atoms. The van der Waals surface area contributed by atoms with E-state index in [-0.39, 0.29) is 31.6 Å². The Balaban J connectivity index is 3.78. The van der Waals surface area contributed by atoms with Gasteiger partial charge in [-0.25, -0.2) is 0 Å². The standard InChI is InChI=1S/C36H58O5/c1-3-5-7-9-11-13-14-15-16-17-18-19-20-21-22-23-25-26-28-30-35(38)40-33-34(32-37)41-36(39)31-29-27-24-12-10-8-6-4-2/h5,7,11,13,15-16,18-19,21-22,25-26,34,37H,3-4,6,8-10,12,14,17,20,23-24,27-33H2,1-2H3/b7-5+,13-11+,16-15+,19-18+,22-21+,26-25+/t34-/m0/s1. The predicted molar refractivity (Wildman–Crippen MR) is 173 cm³/mol. The van der Waals surface area contributed by atoms with Crippen LogP contribution in [0.25, 0.3) is 0 Å². The number of aliphatic hydroxyl groups excluding tert-OH is 1. The number of hydrogen-bond acceptors (Lipinski definition) is 5. The van der Waals surface area contributed by atoms with Crippen molar-refractivity contribution in [2.45, 2.75) is 129 Å². The van der Waals surface area contributed by atoms with E-state index in [2.05, 4.69) is 74.6 Å². The molecule has 0 aliphatic heterocycles. The molecule has 0 bridgehead atoms. The summed E-state index contributed by atoms with van der Waals surface area (Å²) in [6.45, 7) is 3.89. The summed E-state index contributed by atoms with van der Waals surface area (Å²) >= 11 is 0. The van der Waals surface area contributed by atoms with E-state index in [0.717, 1.165) is 57.8 Å². The Morgan fingerprint density at radius 1 is 0.585 bits per heavy atom. The predicted octanol–water partition coefficient (Wildman–Crippen LogP) is 9.44. The van der Waals surface area contributed by atoms with Crippen LogP contribution in [-0.2, 0) is 19.1 Å². The van der Waals surface area contributed by atoms with Crippen LogP contribution in [0.3, 0.4) is 0 Å². The number of unbranched alkanes of at least 4 members (excludes halogenated alkanes) is 7. The van der Waals surface area contributed by atoms with Crippen LogP contribution in [0.15, 0.2) is 72.9 Å². The number of ether oxygens (including phenoxy) is 2. The molecule has 0 aromatic heterocycles. The van der Waals surface area contributed by atoms with E-state index >= 15 is 0 Å². The van der Waals surface area contributed by atoms with Crippen LogP contribution in [0.1, 0.15) is 123 Å². The second kappa shape index (κ2) is 31.9. The highest BCUT2D eigenvalue weighted by atomic mass is 16.6. The van der Waals surface area contributed by atoms with E-state index < -0.39 is 6.10 Å². The van der Waals surface area contributed by atoms with Crippen LogP contribution in [0, 0.1) is 0 Å². The van der Waals surface area contributed by atoms with Crippen molar-refractivity contribution >= 4 is 11.9 Å². The lowest BCUT2D eigenvalue weighted by Gasteiger charge is -2.15. The fraction of sp³-hybridized carbons (Fsp3) is 0.611. The molecule has 1 N–H and O–H groups in total. The summed E-state index contributed by atoms with van der Waals surface area (Å²) in [7, 11) is 0. The van der Waals surface area contributed by atoms with Gasteiger partial charge in [-0.1, -0.05) is 132 Å². The van der Waals surface area contributed by atoms with Crippen molar-refractivity contribution in [1.82, 2.24) is 0 Å². The monoisotopic (exact) mass is 570 g/mol. The summed E-state index contributed by atoms with van der Waals surface area (Å²) in [6.07, 6.45) is 41.1. The fourth-order valence-corrected chi connectivity index (χ4v) is 3.87. The fourth-order valence-electron chi connectivity index (χ4n) is 3.87. The molecule has 5 heteroatoms. The highest BCUT2D eigenvalue weighted by Crippen LogP contribution is 2.10. The third kappa shape index (κ3) is 30.1. The average molecular weight is 571 g/mol. The van der Waals surface area contributed by atoms with Crippen molar-refractivity contribution in [2.75, 3.05) is 13.2 Å². The number of allylic oxidation sites excluding steroid dienone is 12. The lowest BCUT2D eigenvalue weighted by molar-refractivity contribution is -0.161. The second-order valence-electron chi connectivity index (χ2n) is 10.2. The van der Waals surface area contributed by atoms with Crippen LogP contribution in [0.5, 0.6) is 0 Å². The maximum absolute atomic E-state index is 12.0. The summed E-state index contributed by atoms with van der Waals surface area (Å²) in [5, 5.41) is 9.45. The zero-order chi connectivity index (χ0) is 30.1. The van der Waals surface area contributed by atoms with Gasteiger partial charge in [0.2, 0.25) is 0 Å². The first-order valence-electron chi connectivity index (χ1n) is 16.0. The van der Waals surface area contributed by atoms with Gasteiger partial charge >= 0.3 is 11.9 Å².